The van der Waals surface area contributed by atoms with Gasteiger partial charge in [-0.05, 0) is 25.3 Å². The maximum atomic E-state index is 6.17. The van der Waals surface area contributed by atoms with Crippen molar-refractivity contribution in [3.8, 4) is 0 Å². The molecule has 0 spiro atoms. The van der Waals surface area contributed by atoms with Crippen LogP contribution in [0.25, 0.3) is 10.9 Å². The highest BCUT2D eigenvalue weighted by molar-refractivity contribution is 5.97. The van der Waals surface area contributed by atoms with E-state index in [9.17, 15) is 0 Å². The molecular formula is C15H19N3. The van der Waals surface area contributed by atoms with Crippen LogP contribution in [-0.2, 0) is 0 Å². The fourth-order valence-electron chi connectivity index (χ4n) is 3.07. The first kappa shape index (κ1) is 11.3. The van der Waals surface area contributed by atoms with Crippen LogP contribution in [0, 0.1) is 5.92 Å². The largest absolute Gasteiger partial charge is 0.396 e. The number of nitrogens with zero attached hydrogens (tertiary/aromatic N) is 2. The first-order chi connectivity index (χ1) is 8.66. The van der Waals surface area contributed by atoms with E-state index in [0.717, 1.165) is 29.4 Å². The molecule has 2 aromatic rings. The topological polar surface area (TPSA) is 42.1 Å². The van der Waals surface area contributed by atoms with Crippen molar-refractivity contribution in [2.45, 2.75) is 26.3 Å². The van der Waals surface area contributed by atoms with Gasteiger partial charge in [0.15, 0.2) is 0 Å². The Bertz CT molecular complexity index is 579. The summed E-state index contributed by atoms with van der Waals surface area (Å²) >= 11 is 0. The molecule has 18 heavy (non-hydrogen) atoms. The minimum atomic E-state index is 0.549. The van der Waals surface area contributed by atoms with E-state index in [4.69, 9.17) is 5.73 Å². The maximum Gasteiger partial charge on any atom is 0.0745 e. The van der Waals surface area contributed by atoms with E-state index in [0.29, 0.717) is 6.04 Å². The van der Waals surface area contributed by atoms with Crippen LogP contribution in [-0.4, -0.2) is 17.6 Å². The third-order valence-electron chi connectivity index (χ3n) is 3.85. The average molecular weight is 241 g/mol. The Morgan fingerprint density at radius 1 is 1.28 bits per heavy atom. The van der Waals surface area contributed by atoms with Crippen molar-refractivity contribution in [1.29, 1.82) is 0 Å². The summed E-state index contributed by atoms with van der Waals surface area (Å²) in [6.07, 6.45) is 3.02. The lowest BCUT2D eigenvalue weighted by molar-refractivity contribution is 0.625. The predicted molar refractivity (Wildman–Crippen MR) is 76.7 cm³/mol. The van der Waals surface area contributed by atoms with Crippen molar-refractivity contribution >= 4 is 22.3 Å². The number of nitrogens with two attached hydrogens (primary N) is 1. The number of anilines is 2. The van der Waals surface area contributed by atoms with Gasteiger partial charge >= 0.3 is 0 Å². The first-order valence-corrected chi connectivity index (χ1v) is 6.56. The molecule has 2 unspecified atom stereocenters. The molecule has 0 amide bonds. The Labute approximate surface area is 108 Å². The molecule has 2 N–H and O–H groups in total. The van der Waals surface area contributed by atoms with Crippen LogP contribution in [0.5, 0.6) is 0 Å². The van der Waals surface area contributed by atoms with E-state index >= 15 is 0 Å². The van der Waals surface area contributed by atoms with Gasteiger partial charge in [0.05, 0.1) is 23.1 Å². The van der Waals surface area contributed by atoms with Gasteiger partial charge in [-0.15, -0.1) is 0 Å². The van der Waals surface area contributed by atoms with Gasteiger partial charge in [0, 0.05) is 18.0 Å². The number of para-hydroxylation sites is 1. The smallest absolute Gasteiger partial charge is 0.0745 e. The Kier molecular flexibility index (Phi) is 2.62. The molecule has 2 heterocycles. The summed E-state index contributed by atoms with van der Waals surface area (Å²) in [7, 11) is 0. The molecule has 1 saturated heterocycles. The number of hydrogen-bond acceptors (Lipinski definition) is 3. The van der Waals surface area contributed by atoms with Gasteiger partial charge in [0.2, 0.25) is 0 Å². The second-order valence-corrected chi connectivity index (χ2v) is 5.42. The molecule has 0 saturated carbocycles. The molecule has 94 valence electrons. The third-order valence-corrected chi connectivity index (χ3v) is 3.85. The number of aromatic nitrogens is 1. The van der Waals surface area contributed by atoms with Gasteiger partial charge in [-0.25, -0.2) is 0 Å². The molecule has 0 bridgehead atoms. The predicted octanol–water partition coefficient (Wildman–Crippen LogP) is 3.05. The van der Waals surface area contributed by atoms with Crippen molar-refractivity contribution in [3.05, 3.63) is 30.5 Å². The molecule has 1 fully saturated rings. The van der Waals surface area contributed by atoms with E-state index in [2.05, 4.69) is 35.9 Å². The van der Waals surface area contributed by atoms with Gasteiger partial charge in [-0.1, -0.05) is 25.1 Å². The van der Waals surface area contributed by atoms with Crippen molar-refractivity contribution in [1.82, 2.24) is 4.98 Å². The van der Waals surface area contributed by atoms with Crippen LogP contribution >= 0.6 is 0 Å². The summed E-state index contributed by atoms with van der Waals surface area (Å²) in [4.78, 5) is 6.84. The lowest BCUT2D eigenvalue weighted by Crippen LogP contribution is -2.27. The zero-order valence-electron chi connectivity index (χ0n) is 10.9. The molecule has 1 aliphatic rings. The first-order valence-electron chi connectivity index (χ1n) is 6.56. The molecule has 2 atom stereocenters. The summed E-state index contributed by atoms with van der Waals surface area (Å²) in [5.74, 6) is 0.728. The molecule has 3 heteroatoms. The Balaban J connectivity index is 2.18. The highest BCUT2D eigenvalue weighted by Gasteiger charge is 2.28. The number of pyridine rings is 1. The molecule has 0 radical (unpaired) electrons. The summed E-state index contributed by atoms with van der Waals surface area (Å²) in [5, 5.41) is 1.17. The Morgan fingerprint density at radius 2 is 2.06 bits per heavy atom. The zero-order chi connectivity index (χ0) is 12.7. The lowest BCUT2D eigenvalue weighted by atomic mass is 10.1. The third kappa shape index (κ3) is 1.70. The molecule has 1 aromatic heterocycles. The SMILES string of the molecule is CC1CC(C)N(c2c(N)cnc3ccccc23)C1. The highest BCUT2D eigenvalue weighted by atomic mass is 15.2. The van der Waals surface area contributed by atoms with Crippen LogP contribution < -0.4 is 10.6 Å². The molecule has 3 rings (SSSR count). The summed E-state index contributed by atoms with van der Waals surface area (Å²) in [5.41, 5.74) is 9.14. The number of benzene rings is 1. The minimum Gasteiger partial charge on any atom is -0.396 e. The molecule has 0 aliphatic carbocycles. The summed E-state index contributed by atoms with van der Waals surface area (Å²) < 4.78 is 0. The standard InChI is InChI=1S/C15H19N3/c1-10-7-11(2)18(9-10)15-12-5-3-4-6-14(12)17-8-13(15)16/h3-6,8,10-11H,7,9,16H2,1-2H3. The molecule has 1 aliphatic heterocycles. The molecule has 3 nitrogen and oxygen atoms in total. The maximum absolute atomic E-state index is 6.17. The average Bonchev–Trinajstić information content (AvgIpc) is 2.68. The number of fused-ring (bicyclic) bond motifs is 1. The van der Waals surface area contributed by atoms with E-state index in [1.165, 1.54) is 11.8 Å². The lowest BCUT2D eigenvalue weighted by Gasteiger charge is -2.26. The number of hydrogen-bond donors (Lipinski definition) is 1. The van der Waals surface area contributed by atoms with E-state index < -0.39 is 0 Å². The van der Waals surface area contributed by atoms with Gasteiger partial charge in [-0.2, -0.15) is 0 Å². The fraction of sp³-hybridized carbons (Fsp3) is 0.400. The summed E-state index contributed by atoms with van der Waals surface area (Å²) in [6.45, 7) is 5.66. The van der Waals surface area contributed by atoms with Crippen molar-refractivity contribution < 1.29 is 0 Å². The summed E-state index contributed by atoms with van der Waals surface area (Å²) in [6, 6.07) is 8.78. The van der Waals surface area contributed by atoms with Crippen LogP contribution in [0.2, 0.25) is 0 Å². The zero-order valence-corrected chi connectivity index (χ0v) is 10.9. The normalized spacial score (nSPS) is 23.8. The van der Waals surface area contributed by atoms with Crippen molar-refractivity contribution in [2.24, 2.45) is 5.92 Å². The quantitative estimate of drug-likeness (QED) is 0.834. The second kappa shape index (κ2) is 4.16. The van der Waals surface area contributed by atoms with Crippen LogP contribution in [0.3, 0.4) is 0 Å². The van der Waals surface area contributed by atoms with Gasteiger partial charge in [0.25, 0.3) is 0 Å². The number of nitrogen functional groups attached to an aromatic ring is 1. The van der Waals surface area contributed by atoms with Crippen molar-refractivity contribution in [3.63, 3.8) is 0 Å². The fourth-order valence-corrected chi connectivity index (χ4v) is 3.07. The van der Waals surface area contributed by atoms with E-state index in [-0.39, 0.29) is 0 Å². The van der Waals surface area contributed by atoms with Crippen LogP contribution in [0.15, 0.2) is 30.5 Å². The van der Waals surface area contributed by atoms with Crippen LogP contribution in [0.4, 0.5) is 11.4 Å². The Morgan fingerprint density at radius 3 is 2.78 bits per heavy atom. The van der Waals surface area contributed by atoms with Gasteiger partial charge in [0.1, 0.15) is 0 Å². The van der Waals surface area contributed by atoms with E-state index in [1.54, 1.807) is 6.20 Å². The van der Waals surface area contributed by atoms with E-state index in [1.807, 2.05) is 12.1 Å². The van der Waals surface area contributed by atoms with Gasteiger partial charge in [-0.3, -0.25) is 4.98 Å². The monoisotopic (exact) mass is 241 g/mol. The molecular weight excluding hydrogens is 222 g/mol. The Hall–Kier alpha value is -1.77. The van der Waals surface area contributed by atoms with Crippen LogP contribution in [0.1, 0.15) is 20.3 Å². The molecule has 1 aromatic carbocycles. The van der Waals surface area contributed by atoms with Crippen molar-refractivity contribution in [2.75, 3.05) is 17.2 Å². The number of rotatable bonds is 1. The minimum absolute atomic E-state index is 0.549. The van der Waals surface area contributed by atoms with Gasteiger partial charge < -0.3 is 10.6 Å². The second-order valence-electron chi connectivity index (χ2n) is 5.42. The highest BCUT2D eigenvalue weighted by Crippen LogP contribution is 2.37.